The van der Waals surface area contributed by atoms with Crippen molar-refractivity contribution in [2.45, 2.75) is 26.7 Å². The number of hydrogen-bond donors (Lipinski definition) is 1. The Labute approximate surface area is 216 Å². The van der Waals surface area contributed by atoms with Gasteiger partial charge in [0.15, 0.2) is 0 Å². The maximum atomic E-state index is 10.9. The van der Waals surface area contributed by atoms with Crippen LogP contribution in [0.15, 0.2) is 115 Å². The number of benzene rings is 3. The second-order valence-electron chi connectivity index (χ2n) is 9.01. The van der Waals surface area contributed by atoms with E-state index in [0.717, 1.165) is 40.7 Å². The summed E-state index contributed by atoms with van der Waals surface area (Å²) >= 11 is 0. The molecule has 1 N–H and O–H groups in total. The fourth-order valence-electron chi connectivity index (χ4n) is 3.76. The second kappa shape index (κ2) is 13.2. The number of rotatable bonds is 10. The normalized spacial score (nSPS) is 12.4. The highest BCUT2D eigenvalue weighted by molar-refractivity contribution is 5.83. The first-order valence-corrected chi connectivity index (χ1v) is 12.5. The van der Waals surface area contributed by atoms with Crippen molar-refractivity contribution in [1.82, 2.24) is 0 Å². The van der Waals surface area contributed by atoms with E-state index in [9.17, 15) is 5.11 Å². The summed E-state index contributed by atoms with van der Waals surface area (Å²) in [6.45, 7) is 8.49. The van der Waals surface area contributed by atoms with Crippen molar-refractivity contribution in [3.8, 4) is 0 Å². The van der Waals surface area contributed by atoms with E-state index in [0.29, 0.717) is 0 Å². The minimum Gasteiger partial charge on any atom is -0.507 e. The van der Waals surface area contributed by atoms with Crippen LogP contribution in [-0.4, -0.2) is 19.2 Å². The van der Waals surface area contributed by atoms with Crippen molar-refractivity contribution in [3.63, 3.8) is 0 Å². The molecule has 2 heteroatoms. The number of aryl methyl sites for hydroxylation is 2. The van der Waals surface area contributed by atoms with Gasteiger partial charge in [0.05, 0.1) is 0 Å². The Kier molecular flexibility index (Phi) is 9.71. The second-order valence-corrected chi connectivity index (χ2v) is 9.01. The summed E-state index contributed by atoms with van der Waals surface area (Å²) < 4.78 is 0. The molecule has 0 fully saturated rings. The van der Waals surface area contributed by atoms with Crippen LogP contribution in [0.1, 0.15) is 41.7 Å². The van der Waals surface area contributed by atoms with Crippen molar-refractivity contribution < 1.29 is 5.11 Å². The van der Waals surface area contributed by atoms with E-state index in [2.05, 4.69) is 92.1 Å². The molecule has 0 saturated heterocycles. The molecule has 0 atom stereocenters. The number of aliphatic hydroxyl groups is 1. The molecule has 3 aromatic carbocycles. The SMILES string of the molecule is C=C(/C=C/C=C/c1ccc(N(C)C)cc1)/C=C(\C=C(/O)c1ccc(CC)cc1)c1ccc(CC)cc1. The van der Waals surface area contributed by atoms with Crippen LogP contribution >= 0.6 is 0 Å². The Morgan fingerprint density at radius 1 is 0.750 bits per heavy atom. The predicted octanol–water partition coefficient (Wildman–Crippen LogP) is 8.69. The maximum Gasteiger partial charge on any atom is 0.123 e. The zero-order valence-electron chi connectivity index (χ0n) is 21.9. The molecule has 0 aromatic heterocycles. The van der Waals surface area contributed by atoms with Gasteiger partial charge in [0.1, 0.15) is 5.76 Å². The van der Waals surface area contributed by atoms with Gasteiger partial charge in [0, 0.05) is 25.3 Å². The number of hydrogen-bond acceptors (Lipinski definition) is 2. The third-order valence-electron chi connectivity index (χ3n) is 6.11. The van der Waals surface area contributed by atoms with Gasteiger partial charge in [-0.25, -0.2) is 0 Å². The van der Waals surface area contributed by atoms with E-state index in [-0.39, 0.29) is 5.76 Å². The Bertz CT molecular complexity index is 1250. The first kappa shape index (κ1) is 26.6. The average molecular weight is 476 g/mol. The van der Waals surface area contributed by atoms with Crippen LogP contribution < -0.4 is 4.90 Å². The molecule has 0 radical (unpaired) electrons. The molecule has 0 saturated carbocycles. The van der Waals surface area contributed by atoms with Crippen molar-refractivity contribution >= 4 is 23.1 Å². The smallest absolute Gasteiger partial charge is 0.123 e. The summed E-state index contributed by atoms with van der Waals surface area (Å²) in [6, 6.07) is 24.9. The third-order valence-corrected chi connectivity index (χ3v) is 6.11. The number of anilines is 1. The fraction of sp³-hybridized carbons (Fsp3) is 0.176. The monoisotopic (exact) mass is 475 g/mol. The lowest BCUT2D eigenvalue weighted by Gasteiger charge is -2.11. The molecule has 3 rings (SSSR count). The van der Waals surface area contributed by atoms with Crippen LogP contribution in [-0.2, 0) is 12.8 Å². The number of nitrogens with zero attached hydrogens (tertiary/aromatic N) is 1. The standard InChI is InChI=1S/C34H37NO/c1-6-27-12-18-30(19-13-27)32(25-34(36)31-20-14-28(7-2)15-21-31)24-26(3)10-8-9-11-29-16-22-33(23-17-29)35(4)5/h8-25,36H,3,6-7H2,1-2,4-5H3/b10-8+,11-9+,32-24+,34-25-. The molecule has 184 valence electrons. The van der Waals surface area contributed by atoms with Crippen LogP contribution in [0.2, 0.25) is 0 Å². The summed E-state index contributed by atoms with van der Waals surface area (Å²) in [7, 11) is 4.08. The van der Waals surface area contributed by atoms with Gasteiger partial charge < -0.3 is 10.0 Å². The van der Waals surface area contributed by atoms with E-state index in [4.69, 9.17) is 0 Å². The molecule has 0 spiro atoms. The van der Waals surface area contributed by atoms with E-state index in [1.54, 1.807) is 0 Å². The van der Waals surface area contributed by atoms with Crippen molar-refractivity contribution in [1.29, 1.82) is 0 Å². The van der Waals surface area contributed by atoms with Crippen molar-refractivity contribution in [3.05, 3.63) is 143 Å². The third kappa shape index (κ3) is 7.74. The first-order chi connectivity index (χ1) is 17.4. The molecule has 0 aliphatic carbocycles. The van der Waals surface area contributed by atoms with Crippen molar-refractivity contribution in [2.75, 3.05) is 19.0 Å². The summed E-state index contributed by atoms with van der Waals surface area (Å²) in [6.07, 6.45) is 13.9. The summed E-state index contributed by atoms with van der Waals surface area (Å²) in [4.78, 5) is 2.09. The van der Waals surface area contributed by atoms with E-state index >= 15 is 0 Å². The average Bonchev–Trinajstić information content (AvgIpc) is 2.91. The highest BCUT2D eigenvalue weighted by atomic mass is 16.3. The lowest BCUT2D eigenvalue weighted by Crippen LogP contribution is -2.07. The van der Waals surface area contributed by atoms with E-state index in [1.807, 2.05) is 56.6 Å². The van der Waals surface area contributed by atoms with E-state index in [1.165, 1.54) is 16.8 Å². The van der Waals surface area contributed by atoms with Crippen LogP contribution in [0.5, 0.6) is 0 Å². The topological polar surface area (TPSA) is 23.5 Å². The molecule has 0 aliphatic heterocycles. The van der Waals surface area contributed by atoms with Gasteiger partial charge in [-0.2, -0.15) is 0 Å². The Balaban J connectivity index is 1.82. The molecule has 0 bridgehead atoms. The maximum absolute atomic E-state index is 10.9. The quantitative estimate of drug-likeness (QED) is 0.234. The minimum atomic E-state index is 0.237. The number of allylic oxidation sites excluding steroid dienone is 7. The minimum absolute atomic E-state index is 0.237. The zero-order valence-corrected chi connectivity index (χ0v) is 21.9. The molecule has 0 amide bonds. The largest absolute Gasteiger partial charge is 0.507 e. The van der Waals surface area contributed by atoms with Gasteiger partial charge >= 0.3 is 0 Å². The van der Waals surface area contributed by atoms with Gasteiger partial charge in [-0.15, -0.1) is 0 Å². The zero-order chi connectivity index (χ0) is 25.9. The lowest BCUT2D eigenvalue weighted by molar-refractivity contribution is 0.512. The molecule has 0 unspecified atom stereocenters. The molecular weight excluding hydrogens is 438 g/mol. The molecular formula is C34H37NO. The Morgan fingerprint density at radius 3 is 1.83 bits per heavy atom. The predicted molar refractivity (Wildman–Crippen MR) is 158 cm³/mol. The van der Waals surface area contributed by atoms with Crippen LogP contribution in [0.25, 0.3) is 17.4 Å². The first-order valence-electron chi connectivity index (χ1n) is 12.5. The van der Waals surface area contributed by atoms with Crippen LogP contribution in [0.3, 0.4) is 0 Å². The Hall–Kier alpha value is -4.04. The number of aliphatic hydroxyl groups excluding tert-OH is 1. The highest BCUT2D eigenvalue weighted by Crippen LogP contribution is 2.24. The molecule has 0 aliphatic rings. The van der Waals surface area contributed by atoms with Crippen LogP contribution in [0.4, 0.5) is 5.69 Å². The molecule has 36 heavy (non-hydrogen) atoms. The van der Waals surface area contributed by atoms with Gasteiger partial charge in [0.25, 0.3) is 0 Å². The summed E-state index contributed by atoms with van der Waals surface area (Å²) in [5.41, 5.74) is 8.45. The molecule has 3 aromatic rings. The van der Waals surface area contributed by atoms with Crippen LogP contribution in [0, 0.1) is 0 Å². The van der Waals surface area contributed by atoms with Gasteiger partial charge in [-0.3, -0.25) is 0 Å². The molecule has 2 nitrogen and oxygen atoms in total. The van der Waals surface area contributed by atoms with Gasteiger partial charge in [-0.05, 0) is 70.5 Å². The highest BCUT2D eigenvalue weighted by Gasteiger charge is 2.05. The van der Waals surface area contributed by atoms with E-state index < -0.39 is 0 Å². The van der Waals surface area contributed by atoms with Gasteiger partial charge in [0.2, 0.25) is 0 Å². The molecule has 0 heterocycles. The fourth-order valence-corrected chi connectivity index (χ4v) is 3.76. The Morgan fingerprint density at radius 2 is 1.31 bits per heavy atom. The van der Waals surface area contributed by atoms with Crippen molar-refractivity contribution in [2.24, 2.45) is 0 Å². The summed E-state index contributed by atoms with van der Waals surface area (Å²) in [5, 5.41) is 10.9. The lowest BCUT2D eigenvalue weighted by atomic mass is 9.99. The summed E-state index contributed by atoms with van der Waals surface area (Å²) in [5.74, 6) is 0.237. The van der Waals surface area contributed by atoms with Gasteiger partial charge in [-0.1, -0.05) is 105 Å².